The summed E-state index contributed by atoms with van der Waals surface area (Å²) in [6.45, 7) is 2.14. The van der Waals surface area contributed by atoms with Crippen molar-refractivity contribution in [3.05, 3.63) is 11.6 Å². The second-order valence-electron chi connectivity index (χ2n) is 4.31. The molecule has 0 aromatic heterocycles. The summed E-state index contributed by atoms with van der Waals surface area (Å²) in [7, 11) is 0. The number of hydrogen-bond donors (Lipinski definition) is 2. The van der Waals surface area contributed by atoms with Gasteiger partial charge in [-0.1, -0.05) is 0 Å². The molecule has 1 aliphatic carbocycles. The lowest BCUT2D eigenvalue weighted by molar-refractivity contribution is -0.132. The molecule has 4 heteroatoms. The molecule has 82 valence electrons. The molecule has 2 rings (SSSR count). The quantitative estimate of drug-likeness (QED) is 0.729. The molecule has 15 heavy (non-hydrogen) atoms. The summed E-state index contributed by atoms with van der Waals surface area (Å²) in [5.74, 6) is -0.0774. The third kappa shape index (κ3) is 2.65. The van der Waals surface area contributed by atoms with Crippen molar-refractivity contribution in [2.45, 2.75) is 38.4 Å². The maximum Gasteiger partial charge on any atom is 0.331 e. The van der Waals surface area contributed by atoms with E-state index in [4.69, 9.17) is 5.11 Å². The Bertz CT molecular complexity index is 319. The first-order valence-electron chi connectivity index (χ1n) is 5.38. The summed E-state index contributed by atoms with van der Waals surface area (Å²) in [6, 6.07) is 0.445. The fourth-order valence-electron chi connectivity index (χ4n) is 1.86. The highest BCUT2D eigenvalue weighted by Crippen LogP contribution is 2.32. The highest BCUT2D eigenvalue weighted by molar-refractivity contribution is 5.93. The number of nitrogens with one attached hydrogen (secondary N) is 1. The van der Waals surface area contributed by atoms with E-state index in [2.05, 4.69) is 17.2 Å². The SMILES string of the molecule is CC(N[C@@H]1CC(C(=O)O)=CC=N1)C1CC1. The van der Waals surface area contributed by atoms with Crippen LogP contribution in [0.2, 0.25) is 0 Å². The van der Waals surface area contributed by atoms with Crippen LogP contribution in [0.1, 0.15) is 26.2 Å². The van der Waals surface area contributed by atoms with Crippen LogP contribution in [0.3, 0.4) is 0 Å². The van der Waals surface area contributed by atoms with E-state index in [1.807, 2.05) is 0 Å². The lowest BCUT2D eigenvalue weighted by atomic mass is 10.1. The zero-order valence-electron chi connectivity index (χ0n) is 8.81. The van der Waals surface area contributed by atoms with Gasteiger partial charge in [-0.15, -0.1) is 0 Å². The maximum absolute atomic E-state index is 10.8. The molecule has 1 saturated carbocycles. The summed E-state index contributed by atoms with van der Waals surface area (Å²) in [4.78, 5) is 15.0. The van der Waals surface area contributed by atoms with Crippen molar-refractivity contribution in [3.63, 3.8) is 0 Å². The van der Waals surface area contributed by atoms with Crippen LogP contribution < -0.4 is 5.32 Å². The van der Waals surface area contributed by atoms with Gasteiger partial charge in [0.2, 0.25) is 0 Å². The molecule has 0 bridgehead atoms. The molecule has 1 fully saturated rings. The molecule has 1 unspecified atom stereocenters. The molecule has 2 aliphatic rings. The third-order valence-corrected chi connectivity index (χ3v) is 3.01. The van der Waals surface area contributed by atoms with Gasteiger partial charge in [-0.05, 0) is 31.8 Å². The first-order chi connectivity index (χ1) is 7.16. The van der Waals surface area contributed by atoms with Gasteiger partial charge in [0.05, 0.1) is 0 Å². The molecule has 0 saturated heterocycles. The highest BCUT2D eigenvalue weighted by Gasteiger charge is 2.29. The van der Waals surface area contributed by atoms with Crippen LogP contribution in [0, 0.1) is 5.92 Å². The smallest absolute Gasteiger partial charge is 0.331 e. The molecule has 1 aliphatic heterocycles. The van der Waals surface area contributed by atoms with Crippen molar-refractivity contribution in [1.29, 1.82) is 0 Å². The van der Waals surface area contributed by atoms with E-state index in [9.17, 15) is 4.79 Å². The van der Waals surface area contributed by atoms with Crippen molar-refractivity contribution in [2.75, 3.05) is 0 Å². The van der Waals surface area contributed by atoms with Gasteiger partial charge in [-0.25, -0.2) is 4.79 Å². The standard InChI is InChI=1S/C11H16N2O2/c1-7(8-2-3-8)13-10-6-9(11(14)15)4-5-12-10/h4-5,7-8,10,13H,2-3,6H2,1H3,(H,14,15)/t7?,10-/m1/s1. The Labute approximate surface area is 89.1 Å². The Hall–Kier alpha value is -1.16. The van der Waals surface area contributed by atoms with Gasteiger partial charge in [0.25, 0.3) is 0 Å². The fourth-order valence-corrected chi connectivity index (χ4v) is 1.86. The van der Waals surface area contributed by atoms with E-state index < -0.39 is 5.97 Å². The molecule has 4 nitrogen and oxygen atoms in total. The third-order valence-electron chi connectivity index (χ3n) is 3.01. The van der Waals surface area contributed by atoms with Crippen LogP contribution in [0.4, 0.5) is 0 Å². The molecule has 1 heterocycles. The molecule has 0 amide bonds. The number of carboxylic acid groups (broad SMARTS) is 1. The Morgan fingerprint density at radius 3 is 3.00 bits per heavy atom. The highest BCUT2D eigenvalue weighted by atomic mass is 16.4. The molecule has 2 N–H and O–H groups in total. The summed E-state index contributed by atoms with van der Waals surface area (Å²) in [6.07, 6.45) is 6.16. The van der Waals surface area contributed by atoms with Crippen LogP contribution in [0.25, 0.3) is 0 Å². The Morgan fingerprint density at radius 2 is 2.40 bits per heavy atom. The lowest BCUT2D eigenvalue weighted by Crippen LogP contribution is -2.38. The van der Waals surface area contributed by atoms with Crippen molar-refractivity contribution in [1.82, 2.24) is 5.32 Å². The van der Waals surface area contributed by atoms with E-state index in [-0.39, 0.29) is 6.17 Å². The van der Waals surface area contributed by atoms with E-state index in [1.54, 1.807) is 12.3 Å². The monoisotopic (exact) mass is 208 g/mol. The molecule has 0 aromatic rings. The van der Waals surface area contributed by atoms with Gasteiger partial charge in [0, 0.05) is 24.3 Å². The van der Waals surface area contributed by atoms with Crippen LogP contribution in [-0.4, -0.2) is 29.5 Å². The lowest BCUT2D eigenvalue weighted by Gasteiger charge is -2.21. The van der Waals surface area contributed by atoms with E-state index in [0.717, 1.165) is 5.92 Å². The van der Waals surface area contributed by atoms with Gasteiger partial charge in [-0.3, -0.25) is 10.3 Å². The van der Waals surface area contributed by atoms with Gasteiger partial charge >= 0.3 is 5.97 Å². The minimum Gasteiger partial charge on any atom is -0.478 e. The number of aliphatic imine (C=N–C) groups is 1. The number of hydrogen-bond acceptors (Lipinski definition) is 3. The molecular formula is C11H16N2O2. The molecule has 0 spiro atoms. The minimum atomic E-state index is -0.841. The van der Waals surface area contributed by atoms with Gasteiger partial charge in [-0.2, -0.15) is 0 Å². The number of carboxylic acids is 1. The number of carbonyl (C=O) groups is 1. The van der Waals surface area contributed by atoms with Crippen LogP contribution in [0.15, 0.2) is 16.6 Å². The van der Waals surface area contributed by atoms with Gasteiger partial charge in [0.15, 0.2) is 0 Å². The summed E-state index contributed by atoms with van der Waals surface area (Å²) < 4.78 is 0. The molecule has 0 radical (unpaired) electrons. The predicted octanol–water partition coefficient (Wildman–Crippen LogP) is 1.19. The zero-order valence-corrected chi connectivity index (χ0v) is 8.81. The van der Waals surface area contributed by atoms with Crippen molar-refractivity contribution >= 4 is 12.2 Å². The second kappa shape index (κ2) is 4.14. The number of dihydropyridines is 1. The number of rotatable bonds is 4. The summed E-state index contributed by atoms with van der Waals surface area (Å²) in [5, 5.41) is 12.2. The normalized spacial score (nSPS) is 27.3. The second-order valence-corrected chi connectivity index (χ2v) is 4.31. The van der Waals surface area contributed by atoms with E-state index in [1.165, 1.54) is 12.8 Å². The first-order valence-corrected chi connectivity index (χ1v) is 5.38. The van der Waals surface area contributed by atoms with Crippen molar-refractivity contribution < 1.29 is 9.90 Å². The first kappa shape index (κ1) is 10.4. The largest absolute Gasteiger partial charge is 0.478 e. The average Bonchev–Trinajstić information content (AvgIpc) is 3.01. The summed E-state index contributed by atoms with van der Waals surface area (Å²) in [5.41, 5.74) is 0.436. The maximum atomic E-state index is 10.8. The molecular weight excluding hydrogens is 192 g/mol. The topological polar surface area (TPSA) is 61.7 Å². The Kier molecular flexibility index (Phi) is 2.86. The van der Waals surface area contributed by atoms with Gasteiger partial charge < -0.3 is 5.11 Å². The van der Waals surface area contributed by atoms with E-state index >= 15 is 0 Å². The number of allylic oxidation sites excluding steroid dienone is 1. The van der Waals surface area contributed by atoms with Crippen molar-refractivity contribution in [3.8, 4) is 0 Å². The Morgan fingerprint density at radius 1 is 1.67 bits per heavy atom. The Balaban J connectivity index is 1.87. The fraction of sp³-hybridized carbons (Fsp3) is 0.636. The van der Waals surface area contributed by atoms with Crippen LogP contribution in [-0.2, 0) is 4.79 Å². The van der Waals surface area contributed by atoms with Gasteiger partial charge in [0.1, 0.15) is 6.17 Å². The zero-order chi connectivity index (χ0) is 10.8. The predicted molar refractivity (Wildman–Crippen MR) is 57.9 cm³/mol. The van der Waals surface area contributed by atoms with Crippen LogP contribution in [0.5, 0.6) is 0 Å². The summed E-state index contributed by atoms with van der Waals surface area (Å²) >= 11 is 0. The number of nitrogens with zero attached hydrogens (tertiary/aromatic N) is 1. The molecule has 0 aromatic carbocycles. The molecule has 2 atom stereocenters. The number of aliphatic carboxylic acids is 1. The average molecular weight is 208 g/mol. The minimum absolute atomic E-state index is 0.0586. The van der Waals surface area contributed by atoms with E-state index in [0.29, 0.717) is 18.0 Å². The van der Waals surface area contributed by atoms with Crippen LogP contribution >= 0.6 is 0 Å². The van der Waals surface area contributed by atoms with Crippen molar-refractivity contribution in [2.24, 2.45) is 10.9 Å².